The first-order chi connectivity index (χ1) is 26.7. The number of nitrogens with zero attached hydrogens (tertiary/aromatic N) is 7. The molecular formula is C43H63FN8O4. The molecule has 0 atom stereocenters. The van der Waals surface area contributed by atoms with Gasteiger partial charge in [-0.25, -0.2) is 14.4 Å². The first-order valence-electron chi connectivity index (χ1n) is 20.2. The Morgan fingerprint density at radius 2 is 1.75 bits per heavy atom. The summed E-state index contributed by atoms with van der Waals surface area (Å²) in [6.45, 7) is 22.7. The summed E-state index contributed by atoms with van der Waals surface area (Å²) in [5.74, 6) is 2.70. The standard InChI is InChI=1S/C35H44FN7O3.C6H15N.C2H4O/c1-34(2,3)33(44)40-25-18-42(19-25)13-4-12-41-14-10-29-28(20-41)30(9-11-38-29)46-27-15-35(16-27)21-43(22-35)32-31(17-37-23-39-32)45-26-7-5-24(36)6-8-26;1-5-7(4)6(2)3;1-2-3/h5-9,11,17,23,25,27H,4,10,12-16,18-22H2,1-3H3,(H,40,44);6H,5H2,1-4H3;2H,1H3. The van der Waals surface area contributed by atoms with Crippen LogP contribution < -0.4 is 19.7 Å². The average Bonchev–Trinajstić information content (AvgIpc) is 3.12. The molecule has 3 fully saturated rings. The number of carbonyl (C=O) groups excluding carboxylic acids is 2. The second kappa shape index (κ2) is 19.3. The molecule has 1 amide bonds. The van der Waals surface area contributed by atoms with E-state index in [1.54, 1.807) is 18.3 Å². The number of aldehydes is 1. The fraction of sp³-hybridized carbons (Fsp3) is 0.605. The molecule has 12 nitrogen and oxygen atoms in total. The number of nitrogens with one attached hydrogen (secondary N) is 1. The molecule has 1 aliphatic carbocycles. The fourth-order valence-corrected chi connectivity index (χ4v) is 7.49. The number of hydrogen-bond donors (Lipinski definition) is 1. The molecule has 1 saturated carbocycles. The van der Waals surface area contributed by atoms with E-state index in [1.165, 1.54) is 30.9 Å². The van der Waals surface area contributed by atoms with E-state index in [9.17, 15) is 9.18 Å². The van der Waals surface area contributed by atoms with Crippen LogP contribution >= 0.6 is 0 Å². The van der Waals surface area contributed by atoms with E-state index in [4.69, 9.17) is 14.3 Å². The number of fused-ring (bicyclic) bond motifs is 1. The number of carbonyl (C=O) groups is 2. The fourth-order valence-electron chi connectivity index (χ4n) is 7.49. The zero-order valence-electron chi connectivity index (χ0n) is 34.8. The maximum absolute atomic E-state index is 13.3. The van der Waals surface area contributed by atoms with Crippen molar-refractivity contribution in [2.45, 2.75) is 98.9 Å². The number of anilines is 1. The number of halogens is 1. The topological polar surface area (TPSA) is 116 Å². The van der Waals surface area contributed by atoms with Gasteiger partial charge in [-0.05, 0) is 97.0 Å². The van der Waals surface area contributed by atoms with Crippen LogP contribution in [-0.4, -0.2) is 119 Å². The molecule has 7 rings (SSSR count). The van der Waals surface area contributed by atoms with Crippen LogP contribution in [-0.2, 0) is 22.6 Å². The summed E-state index contributed by atoms with van der Waals surface area (Å²) in [5, 5.41) is 3.17. The Labute approximate surface area is 333 Å². The molecule has 306 valence electrons. The minimum atomic E-state index is -0.340. The van der Waals surface area contributed by atoms with Gasteiger partial charge < -0.3 is 29.4 Å². The van der Waals surface area contributed by atoms with Crippen molar-refractivity contribution in [1.29, 1.82) is 0 Å². The summed E-state index contributed by atoms with van der Waals surface area (Å²) < 4.78 is 25.9. The summed E-state index contributed by atoms with van der Waals surface area (Å²) in [5.41, 5.74) is 2.29. The second-order valence-electron chi connectivity index (χ2n) is 17.0. The predicted octanol–water partition coefficient (Wildman–Crippen LogP) is 6.00. The van der Waals surface area contributed by atoms with E-state index in [0.29, 0.717) is 17.5 Å². The van der Waals surface area contributed by atoms with Crippen molar-refractivity contribution in [1.82, 2.24) is 35.0 Å². The first-order valence-corrected chi connectivity index (χ1v) is 20.2. The second-order valence-corrected chi connectivity index (χ2v) is 17.0. The van der Waals surface area contributed by atoms with Crippen molar-refractivity contribution < 1.29 is 23.5 Å². The molecule has 5 heterocycles. The maximum Gasteiger partial charge on any atom is 0.225 e. The van der Waals surface area contributed by atoms with Gasteiger partial charge in [-0.15, -0.1) is 0 Å². The average molecular weight is 775 g/mol. The molecule has 0 unspecified atom stereocenters. The van der Waals surface area contributed by atoms with Crippen LogP contribution in [0.25, 0.3) is 0 Å². The van der Waals surface area contributed by atoms with Gasteiger partial charge in [0, 0.05) is 80.0 Å². The lowest BCUT2D eigenvalue weighted by molar-refractivity contribution is -0.130. The zero-order valence-corrected chi connectivity index (χ0v) is 34.8. The van der Waals surface area contributed by atoms with Crippen molar-refractivity contribution in [3.63, 3.8) is 0 Å². The normalized spacial score (nSPS) is 18.0. The number of hydrogen-bond acceptors (Lipinski definition) is 11. The van der Waals surface area contributed by atoms with E-state index >= 15 is 0 Å². The molecule has 0 bridgehead atoms. The third kappa shape index (κ3) is 11.4. The number of ether oxygens (including phenoxy) is 2. The molecule has 3 aromatic rings. The monoisotopic (exact) mass is 774 g/mol. The Morgan fingerprint density at radius 1 is 1.07 bits per heavy atom. The number of benzene rings is 1. The van der Waals surface area contributed by atoms with Crippen LogP contribution in [0.15, 0.2) is 49.1 Å². The molecule has 1 aromatic carbocycles. The van der Waals surface area contributed by atoms with Crippen molar-refractivity contribution >= 4 is 18.0 Å². The Bertz CT molecular complexity index is 1720. The van der Waals surface area contributed by atoms with Crippen LogP contribution in [0.5, 0.6) is 17.2 Å². The minimum Gasteiger partial charge on any atom is -0.490 e. The lowest BCUT2D eigenvalue weighted by atomic mass is 9.61. The highest BCUT2D eigenvalue weighted by Crippen LogP contribution is 2.52. The summed E-state index contributed by atoms with van der Waals surface area (Å²) in [4.78, 5) is 43.8. The van der Waals surface area contributed by atoms with Gasteiger partial charge in [0.2, 0.25) is 5.91 Å². The van der Waals surface area contributed by atoms with Gasteiger partial charge >= 0.3 is 0 Å². The molecule has 13 heteroatoms. The number of amides is 1. The van der Waals surface area contributed by atoms with Gasteiger partial charge in [0.05, 0.1) is 12.2 Å². The Kier molecular flexibility index (Phi) is 14.8. The number of aromatic nitrogens is 3. The predicted molar refractivity (Wildman–Crippen MR) is 218 cm³/mol. The van der Waals surface area contributed by atoms with Crippen LogP contribution in [0.4, 0.5) is 10.2 Å². The van der Waals surface area contributed by atoms with Crippen molar-refractivity contribution in [3.05, 3.63) is 66.1 Å². The molecule has 1 N–H and O–H groups in total. The maximum atomic E-state index is 13.3. The highest BCUT2D eigenvalue weighted by Gasteiger charge is 2.54. The molecule has 3 aliphatic heterocycles. The summed E-state index contributed by atoms with van der Waals surface area (Å²) in [6.07, 6.45) is 10.1. The Morgan fingerprint density at radius 3 is 2.38 bits per heavy atom. The largest absolute Gasteiger partial charge is 0.490 e. The molecule has 0 radical (unpaired) electrons. The number of rotatable bonds is 12. The molecule has 4 aliphatic rings. The van der Waals surface area contributed by atoms with Gasteiger partial charge in [-0.1, -0.05) is 27.7 Å². The van der Waals surface area contributed by atoms with Crippen LogP contribution in [0, 0.1) is 16.6 Å². The van der Waals surface area contributed by atoms with E-state index < -0.39 is 0 Å². The van der Waals surface area contributed by atoms with Crippen molar-refractivity contribution in [2.75, 3.05) is 64.3 Å². The Balaban J connectivity index is 0.000000536. The van der Waals surface area contributed by atoms with Gasteiger partial charge in [0.25, 0.3) is 0 Å². The minimum absolute atomic E-state index is 0.133. The van der Waals surface area contributed by atoms with E-state index in [0.717, 1.165) is 108 Å². The van der Waals surface area contributed by atoms with Crippen molar-refractivity contribution in [2.24, 2.45) is 10.8 Å². The van der Waals surface area contributed by atoms with E-state index in [1.807, 2.05) is 33.0 Å². The van der Waals surface area contributed by atoms with Gasteiger partial charge in [0.1, 0.15) is 36.0 Å². The van der Waals surface area contributed by atoms with Gasteiger partial charge in [-0.3, -0.25) is 19.6 Å². The van der Waals surface area contributed by atoms with Gasteiger partial charge in [-0.2, -0.15) is 0 Å². The summed E-state index contributed by atoms with van der Waals surface area (Å²) >= 11 is 0. The molecule has 2 aromatic heterocycles. The van der Waals surface area contributed by atoms with E-state index in [2.05, 4.69) is 67.7 Å². The highest BCUT2D eigenvalue weighted by atomic mass is 19.1. The van der Waals surface area contributed by atoms with E-state index in [-0.39, 0.29) is 34.7 Å². The number of pyridine rings is 1. The molecule has 56 heavy (non-hydrogen) atoms. The lowest BCUT2D eigenvalue weighted by Crippen LogP contribution is -2.65. The lowest BCUT2D eigenvalue weighted by Gasteiger charge is -2.59. The molecule has 1 spiro atoms. The third-order valence-corrected chi connectivity index (χ3v) is 11.1. The smallest absolute Gasteiger partial charge is 0.225 e. The zero-order chi connectivity index (χ0) is 40.5. The molecule has 2 saturated heterocycles. The SMILES string of the molecule is CC(C)(C)C(=O)NC1CN(CCCN2CCc3nccc(OC4CC5(C4)CN(c4ncncc4Oc4ccc(F)cc4)C5)c3C2)C1.CC=O.CCN(C)C(C)C. The summed E-state index contributed by atoms with van der Waals surface area (Å²) in [6, 6.07) is 8.98. The molecular weight excluding hydrogens is 712 g/mol. The Hall–Kier alpha value is -4.20. The van der Waals surface area contributed by atoms with Crippen LogP contribution in [0.2, 0.25) is 0 Å². The quantitative estimate of drug-likeness (QED) is 0.219. The van der Waals surface area contributed by atoms with Gasteiger partial charge in [0.15, 0.2) is 11.6 Å². The highest BCUT2D eigenvalue weighted by molar-refractivity contribution is 5.81. The third-order valence-electron chi connectivity index (χ3n) is 11.1. The van der Waals surface area contributed by atoms with Crippen LogP contribution in [0.1, 0.15) is 79.0 Å². The first kappa shape index (κ1) is 42.9. The van der Waals surface area contributed by atoms with Crippen molar-refractivity contribution in [3.8, 4) is 17.2 Å². The number of likely N-dealkylation sites (tertiary alicyclic amines) is 1. The summed E-state index contributed by atoms with van der Waals surface area (Å²) in [7, 11) is 2.13. The van der Waals surface area contributed by atoms with Crippen LogP contribution in [0.3, 0.4) is 0 Å².